The fourth-order valence-corrected chi connectivity index (χ4v) is 2.84. The molecule has 1 fully saturated rings. The number of carboxylic acid groups (broad SMARTS) is 1. The van der Waals surface area contributed by atoms with Crippen molar-refractivity contribution < 1.29 is 14.7 Å². The van der Waals surface area contributed by atoms with Crippen molar-refractivity contribution in [3.8, 4) is 0 Å². The van der Waals surface area contributed by atoms with Crippen LogP contribution < -0.4 is 0 Å². The molecular formula is C15H14N2O3S. The SMILES string of the molecule is O=C(O)c1ccc(C(=O)N(Cc2cccs2)C2CC2)cn1. The Labute approximate surface area is 125 Å². The number of carboxylic acids is 1. The van der Waals surface area contributed by atoms with Crippen molar-refractivity contribution in [1.29, 1.82) is 0 Å². The molecule has 0 atom stereocenters. The number of aromatic carboxylic acids is 1. The predicted molar refractivity (Wildman–Crippen MR) is 78.4 cm³/mol. The average Bonchev–Trinajstić information content (AvgIpc) is 3.20. The molecule has 0 spiro atoms. The highest BCUT2D eigenvalue weighted by Gasteiger charge is 2.33. The summed E-state index contributed by atoms with van der Waals surface area (Å²) in [5, 5.41) is 10.8. The third-order valence-electron chi connectivity index (χ3n) is 3.38. The van der Waals surface area contributed by atoms with Gasteiger partial charge in [-0.25, -0.2) is 9.78 Å². The van der Waals surface area contributed by atoms with Crippen LogP contribution in [0.5, 0.6) is 0 Å². The van der Waals surface area contributed by atoms with Gasteiger partial charge in [-0.05, 0) is 36.4 Å². The van der Waals surface area contributed by atoms with Gasteiger partial charge in [0.1, 0.15) is 5.69 Å². The molecule has 1 aliphatic carbocycles. The first-order chi connectivity index (χ1) is 10.1. The Kier molecular flexibility index (Phi) is 3.70. The minimum atomic E-state index is -1.09. The fraction of sp³-hybridized carbons (Fsp3) is 0.267. The maximum Gasteiger partial charge on any atom is 0.354 e. The van der Waals surface area contributed by atoms with Gasteiger partial charge in [0.05, 0.1) is 12.1 Å². The molecule has 0 radical (unpaired) electrons. The molecule has 0 unspecified atom stereocenters. The normalized spacial score (nSPS) is 13.9. The number of pyridine rings is 1. The Balaban J connectivity index is 1.79. The van der Waals surface area contributed by atoms with E-state index in [1.165, 1.54) is 18.3 Å². The minimum Gasteiger partial charge on any atom is -0.477 e. The third kappa shape index (κ3) is 3.11. The van der Waals surface area contributed by atoms with E-state index in [1.807, 2.05) is 22.4 Å². The van der Waals surface area contributed by atoms with Crippen LogP contribution >= 0.6 is 11.3 Å². The Morgan fingerprint density at radius 3 is 2.67 bits per heavy atom. The van der Waals surface area contributed by atoms with Crippen molar-refractivity contribution in [1.82, 2.24) is 9.88 Å². The first-order valence-corrected chi connectivity index (χ1v) is 7.56. The van der Waals surface area contributed by atoms with Gasteiger partial charge in [0, 0.05) is 17.1 Å². The Hall–Kier alpha value is -2.21. The number of aromatic nitrogens is 1. The van der Waals surface area contributed by atoms with Crippen molar-refractivity contribution in [2.45, 2.75) is 25.4 Å². The Morgan fingerprint density at radius 2 is 2.14 bits per heavy atom. The highest BCUT2D eigenvalue weighted by Crippen LogP contribution is 2.30. The van der Waals surface area contributed by atoms with Gasteiger partial charge in [0.15, 0.2) is 0 Å². The van der Waals surface area contributed by atoms with Crippen LogP contribution in [0, 0.1) is 0 Å². The van der Waals surface area contributed by atoms with Gasteiger partial charge < -0.3 is 10.0 Å². The fourth-order valence-electron chi connectivity index (χ4n) is 2.14. The van der Waals surface area contributed by atoms with Crippen molar-refractivity contribution in [2.75, 3.05) is 0 Å². The van der Waals surface area contributed by atoms with Crippen molar-refractivity contribution in [2.24, 2.45) is 0 Å². The summed E-state index contributed by atoms with van der Waals surface area (Å²) in [4.78, 5) is 30.2. The van der Waals surface area contributed by atoms with Gasteiger partial charge in [-0.3, -0.25) is 4.79 Å². The van der Waals surface area contributed by atoms with Crippen molar-refractivity contribution in [3.63, 3.8) is 0 Å². The van der Waals surface area contributed by atoms with Gasteiger partial charge in [-0.2, -0.15) is 0 Å². The molecule has 3 rings (SSSR count). The molecule has 21 heavy (non-hydrogen) atoms. The molecule has 2 aromatic rings. The number of amides is 1. The molecule has 0 bridgehead atoms. The average molecular weight is 302 g/mol. The number of carbonyl (C=O) groups excluding carboxylic acids is 1. The predicted octanol–water partition coefficient (Wildman–Crippen LogP) is 2.65. The van der Waals surface area contributed by atoms with Crippen LogP contribution in [0.25, 0.3) is 0 Å². The van der Waals surface area contributed by atoms with Crippen LogP contribution in [0.2, 0.25) is 0 Å². The zero-order valence-electron chi connectivity index (χ0n) is 11.2. The summed E-state index contributed by atoms with van der Waals surface area (Å²) in [5.74, 6) is -1.18. The molecule has 6 heteroatoms. The molecule has 0 aliphatic heterocycles. The lowest BCUT2D eigenvalue weighted by Gasteiger charge is -2.21. The lowest BCUT2D eigenvalue weighted by molar-refractivity contribution is 0.0685. The number of rotatable bonds is 5. The molecular weight excluding hydrogens is 288 g/mol. The molecule has 5 nitrogen and oxygen atoms in total. The summed E-state index contributed by atoms with van der Waals surface area (Å²) < 4.78 is 0. The van der Waals surface area contributed by atoms with Gasteiger partial charge in [-0.1, -0.05) is 6.07 Å². The van der Waals surface area contributed by atoms with E-state index in [1.54, 1.807) is 11.3 Å². The molecule has 0 aromatic carbocycles. The monoisotopic (exact) mass is 302 g/mol. The summed E-state index contributed by atoms with van der Waals surface area (Å²) in [6, 6.07) is 7.17. The maximum atomic E-state index is 12.6. The molecule has 1 saturated carbocycles. The molecule has 2 heterocycles. The number of nitrogens with zero attached hydrogens (tertiary/aromatic N) is 2. The number of carbonyl (C=O) groups is 2. The van der Waals surface area contributed by atoms with Crippen molar-refractivity contribution in [3.05, 3.63) is 52.0 Å². The van der Waals surface area contributed by atoms with E-state index in [9.17, 15) is 9.59 Å². The van der Waals surface area contributed by atoms with Crippen LogP contribution in [0.3, 0.4) is 0 Å². The Morgan fingerprint density at radius 1 is 1.33 bits per heavy atom. The van der Waals surface area contributed by atoms with Crippen LogP contribution in [-0.2, 0) is 6.54 Å². The van der Waals surface area contributed by atoms with Gasteiger partial charge in [0.2, 0.25) is 0 Å². The molecule has 1 N–H and O–H groups in total. The molecule has 0 saturated heterocycles. The third-order valence-corrected chi connectivity index (χ3v) is 4.25. The zero-order valence-corrected chi connectivity index (χ0v) is 12.0. The molecule has 108 valence electrons. The van der Waals surface area contributed by atoms with E-state index in [2.05, 4.69) is 4.98 Å². The van der Waals surface area contributed by atoms with E-state index in [4.69, 9.17) is 5.11 Å². The molecule has 2 aromatic heterocycles. The highest BCUT2D eigenvalue weighted by atomic mass is 32.1. The summed E-state index contributed by atoms with van der Waals surface area (Å²) in [6.07, 6.45) is 3.39. The summed E-state index contributed by atoms with van der Waals surface area (Å²) in [6.45, 7) is 0.599. The Bertz CT molecular complexity index is 648. The van der Waals surface area contributed by atoms with E-state index >= 15 is 0 Å². The summed E-state index contributed by atoms with van der Waals surface area (Å²) in [7, 11) is 0. The van der Waals surface area contributed by atoms with E-state index in [-0.39, 0.29) is 11.6 Å². The van der Waals surface area contributed by atoms with E-state index < -0.39 is 5.97 Å². The number of hydrogen-bond donors (Lipinski definition) is 1. The van der Waals surface area contributed by atoms with Crippen LogP contribution in [-0.4, -0.2) is 32.9 Å². The van der Waals surface area contributed by atoms with Crippen LogP contribution in [0.4, 0.5) is 0 Å². The highest BCUT2D eigenvalue weighted by molar-refractivity contribution is 7.09. The van der Waals surface area contributed by atoms with E-state index in [0.29, 0.717) is 18.2 Å². The second-order valence-electron chi connectivity index (χ2n) is 4.98. The van der Waals surface area contributed by atoms with Gasteiger partial charge >= 0.3 is 5.97 Å². The second-order valence-corrected chi connectivity index (χ2v) is 6.01. The van der Waals surface area contributed by atoms with Gasteiger partial charge in [0.25, 0.3) is 5.91 Å². The lowest BCUT2D eigenvalue weighted by atomic mass is 10.2. The maximum absolute atomic E-state index is 12.6. The molecule has 1 amide bonds. The quantitative estimate of drug-likeness (QED) is 0.921. The van der Waals surface area contributed by atoms with Crippen LogP contribution in [0.1, 0.15) is 38.6 Å². The lowest BCUT2D eigenvalue weighted by Crippen LogP contribution is -2.32. The van der Waals surface area contributed by atoms with E-state index in [0.717, 1.165) is 17.7 Å². The zero-order chi connectivity index (χ0) is 14.8. The molecule has 1 aliphatic rings. The second kappa shape index (κ2) is 5.65. The summed E-state index contributed by atoms with van der Waals surface area (Å²) in [5.41, 5.74) is 0.381. The minimum absolute atomic E-state index is 0.0530. The number of hydrogen-bond acceptors (Lipinski definition) is 4. The summed E-state index contributed by atoms with van der Waals surface area (Å²) >= 11 is 1.63. The standard InChI is InChI=1S/C15H14N2O3S/c18-14(10-3-6-13(15(19)20)16-8-10)17(11-4-5-11)9-12-2-1-7-21-12/h1-3,6-8,11H,4-5,9H2,(H,19,20). The largest absolute Gasteiger partial charge is 0.477 e. The smallest absolute Gasteiger partial charge is 0.354 e. The van der Waals surface area contributed by atoms with Gasteiger partial charge in [-0.15, -0.1) is 11.3 Å². The number of thiophene rings is 1. The first kappa shape index (κ1) is 13.8. The van der Waals surface area contributed by atoms with Crippen molar-refractivity contribution >= 4 is 23.2 Å². The van der Waals surface area contributed by atoms with Crippen LogP contribution in [0.15, 0.2) is 35.8 Å². The topological polar surface area (TPSA) is 70.5 Å². The first-order valence-electron chi connectivity index (χ1n) is 6.68.